The molecule has 0 saturated carbocycles. The molecule has 2 atom stereocenters. The van der Waals surface area contributed by atoms with Crippen molar-refractivity contribution in [1.29, 1.82) is 0 Å². The fraction of sp³-hybridized carbons (Fsp3) is 0.857. The molecule has 4 heteroatoms. The molecular weight excluding hydrogens is 372 g/mol. The highest BCUT2D eigenvalue weighted by molar-refractivity contribution is 9.28. The van der Waals surface area contributed by atoms with Crippen molar-refractivity contribution in [2.24, 2.45) is 11.8 Å². The van der Waals surface area contributed by atoms with Crippen molar-refractivity contribution >= 4 is 40.2 Å². The standard InChI is InChI=1S/C14H28Br2OSi/c1-11(9-13(15)16)8-12(2)10-17-18(6,7)14(3,4)5/h9,11-12H,8,10H2,1-7H3/t11-,12+/m1/s1. The normalized spacial score (nSPS) is 16.3. The van der Waals surface area contributed by atoms with Crippen LogP contribution in [0.5, 0.6) is 0 Å². The summed E-state index contributed by atoms with van der Waals surface area (Å²) >= 11 is 6.83. The average molecular weight is 400 g/mol. The maximum atomic E-state index is 6.26. The Morgan fingerprint density at radius 1 is 1.22 bits per heavy atom. The second-order valence-electron chi connectivity index (χ2n) is 6.85. The summed E-state index contributed by atoms with van der Waals surface area (Å²) in [6, 6.07) is 0. The van der Waals surface area contributed by atoms with Gasteiger partial charge in [-0.1, -0.05) is 40.7 Å². The van der Waals surface area contributed by atoms with Crippen LogP contribution in [0.25, 0.3) is 0 Å². The fourth-order valence-electron chi connectivity index (χ4n) is 1.55. The Bertz CT molecular complexity index is 278. The highest BCUT2D eigenvalue weighted by Gasteiger charge is 2.37. The summed E-state index contributed by atoms with van der Waals surface area (Å²) in [5.41, 5.74) is 0. The summed E-state index contributed by atoms with van der Waals surface area (Å²) in [5.74, 6) is 1.17. The van der Waals surface area contributed by atoms with Crippen molar-refractivity contribution in [1.82, 2.24) is 0 Å². The molecule has 0 amide bonds. The zero-order chi connectivity index (χ0) is 14.6. The van der Waals surface area contributed by atoms with Crippen LogP contribution in [-0.2, 0) is 4.43 Å². The molecular formula is C14H28Br2OSi. The van der Waals surface area contributed by atoms with Gasteiger partial charge in [-0.3, -0.25) is 0 Å². The topological polar surface area (TPSA) is 9.23 Å². The van der Waals surface area contributed by atoms with E-state index in [2.05, 4.69) is 85.6 Å². The van der Waals surface area contributed by atoms with Crippen LogP contribution in [0.15, 0.2) is 9.47 Å². The van der Waals surface area contributed by atoms with Crippen molar-refractivity contribution in [2.45, 2.75) is 59.2 Å². The van der Waals surface area contributed by atoms with Crippen LogP contribution >= 0.6 is 31.9 Å². The van der Waals surface area contributed by atoms with Crippen LogP contribution in [0.2, 0.25) is 18.1 Å². The average Bonchev–Trinajstić information content (AvgIpc) is 2.11. The summed E-state index contributed by atoms with van der Waals surface area (Å²) in [5, 5.41) is 0.303. The highest BCUT2D eigenvalue weighted by atomic mass is 79.9. The van der Waals surface area contributed by atoms with E-state index < -0.39 is 8.32 Å². The summed E-state index contributed by atoms with van der Waals surface area (Å²) in [6.07, 6.45) is 3.36. The largest absolute Gasteiger partial charge is 0.417 e. The fourth-order valence-corrected chi connectivity index (χ4v) is 3.59. The lowest BCUT2D eigenvalue weighted by molar-refractivity contribution is 0.223. The van der Waals surface area contributed by atoms with Gasteiger partial charge in [0.2, 0.25) is 0 Å². The minimum absolute atomic E-state index is 0.303. The zero-order valence-corrected chi connectivity index (χ0v) is 17.0. The monoisotopic (exact) mass is 398 g/mol. The van der Waals surface area contributed by atoms with E-state index in [4.69, 9.17) is 4.43 Å². The Morgan fingerprint density at radius 3 is 2.11 bits per heavy atom. The number of allylic oxidation sites excluding steroid dienone is 1. The van der Waals surface area contributed by atoms with E-state index in [0.29, 0.717) is 16.9 Å². The molecule has 0 saturated heterocycles. The van der Waals surface area contributed by atoms with Gasteiger partial charge < -0.3 is 4.43 Å². The van der Waals surface area contributed by atoms with E-state index in [1.165, 1.54) is 0 Å². The van der Waals surface area contributed by atoms with E-state index in [9.17, 15) is 0 Å². The highest BCUT2D eigenvalue weighted by Crippen LogP contribution is 2.37. The van der Waals surface area contributed by atoms with Crippen molar-refractivity contribution in [3.63, 3.8) is 0 Å². The van der Waals surface area contributed by atoms with Gasteiger partial charge in [-0.2, -0.15) is 0 Å². The molecule has 108 valence electrons. The molecule has 0 aliphatic heterocycles. The van der Waals surface area contributed by atoms with E-state index in [0.717, 1.165) is 16.4 Å². The van der Waals surface area contributed by atoms with Gasteiger partial charge in [0.25, 0.3) is 0 Å². The third kappa shape index (κ3) is 7.46. The molecule has 0 fully saturated rings. The minimum atomic E-state index is -1.58. The summed E-state index contributed by atoms with van der Waals surface area (Å²) < 4.78 is 7.30. The maximum Gasteiger partial charge on any atom is 0.191 e. The molecule has 0 rings (SSSR count). The first-order valence-electron chi connectivity index (χ1n) is 6.62. The molecule has 0 unspecified atom stereocenters. The molecule has 0 aromatic heterocycles. The third-order valence-electron chi connectivity index (χ3n) is 3.72. The second kappa shape index (κ2) is 7.60. The van der Waals surface area contributed by atoms with Gasteiger partial charge in [0.15, 0.2) is 8.32 Å². The molecule has 0 aliphatic carbocycles. The zero-order valence-electron chi connectivity index (χ0n) is 12.8. The number of rotatable bonds is 6. The number of halogens is 2. The van der Waals surface area contributed by atoms with Gasteiger partial charge in [-0.25, -0.2) is 0 Å². The molecule has 0 heterocycles. The van der Waals surface area contributed by atoms with E-state index >= 15 is 0 Å². The lowest BCUT2D eigenvalue weighted by atomic mass is 9.98. The van der Waals surface area contributed by atoms with Crippen LogP contribution in [0, 0.1) is 11.8 Å². The summed E-state index contributed by atoms with van der Waals surface area (Å²) in [7, 11) is -1.58. The van der Waals surface area contributed by atoms with Crippen molar-refractivity contribution in [3.05, 3.63) is 9.47 Å². The maximum absolute atomic E-state index is 6.26. The first-order valence-corrected chi connectivity index (χ1v) is 11.1. The van der Waals surface area contributed by atoms with Crippen LogP contribution in [0.1, 0.15) is 41.0 Å². The Labute approximate surface area is 131 Å². The first kappa shape index (κ1) is 18.9. The van der Waals surface area contributed by atoms with Crippen LogP contribution < -0.4 is 0 Å². The van der Waals surface area contributed by atoms with Crippen molar-refractivity contribution in [3.8, 4) is 0 Å². The van der Waals surface area contributed by atoms with Gasteiger partial charge in [-0.05, 0) is 68.2 Å². The van der Waals surface area contributed by atoms with E-state index in [-0.39, 0.29) is 0 Å². The molecule has 0 bridgehead atoms. The van der Waals surface area contributed by atoms with Crippen molar-refractivity contribution in [2.75, 3.05) is 6.61 Å². The quantitative estimate of drug-likeness (QED) is 0.476. The molecule has 0 aromatic carbocycles. The predicted octanol–water partition coefficient (Wildman–Crippen LogP) is 6.30. The number of hydrogen-bond donors (Lipinski definition) is 0. The van der Waals surface area contributed by atoms with Gasteiger partial charge >= 0.3 is 0 Å². The van der Waals surface area contributed by atoms with E-state index in [1.807, 2.05) is 0 Å². The predicted molar refractivity (Wildman–Crippen MR) is 92.0 cm³/mol. The van der Waals surface area contributed by atoms with Crippen molar-refractivity contribution < 1.29 is 4.43 Å². The Morgan fingerprint density at radius 2 is 1.72 bits per heavy atom. The van der Waals surface area contributed by atoms with Gasteiger partial charge in [0, 0.05) is 6.61 Å². The summed E-state index contributed by atoms with van der Waals surface area (Å²) in [4.78, 5) is 0. The number of hydrogen-bond acceptors (Lipinski definition) is 1. The molecule has 1 nitrogen and oxygen atoms in total. The van der Waals surface area contributed by atoms with E-state index in [1.54, 1.807) is 0 Å². The van der Waals surface area contributed by atoms with Crippen LogP contribution in [0.4, 0.5) is 0 Å². The molecule has 0 spiro atoms. The lowest BCUT2D eigenvalue weighted by Crippen LogP contribution is -2.41. The molecule has 0 aromatic rings. The Balaban J connectivity index is 4.20. The minimum Gasteiger partial charge on any atom is -0.417 e. The third-order valence-corrected chi connectivity index (χ3v) is 8.75. The molecule has 0 aliphatic rings. The molecule has 18 heavy (non-hydrogen) atoms. The van der Waals surface area contributed by atoms with Crippen LogP contribution in [0.3, 0.4) is 0 Å². The molecule has 0 radical (unpaired) electrons. The van der Waals surface area contributed by atoms with Gasteiger partial charge in [0.1, 0.15) is 0 Å². The van der Waals surface area contributed by atoms with Gasteiger partial charge in [-0.15, -0.1) is 0 Å². The summed E-state index contributed by atoms with van der Waals surface area (Å²) in [6.45, 7) is 16.9. The Kier molecular flexibility index (Phi) is 7.97. The lowest BCUT2D eigenvalue weighted by Gasteiger charge is -2.37. The Hall–Kier alpha value is 0.877. The SMILES string of the molecule is C[C@H](CO[Si](C)(C)C(C)(C)C)C[C@@H](C)C=C(Br)Br. The molecule has 0 N–H and O–H groups in total. The van der Waals surface area contributed by atoms with Gasteiger partial charge in [0.05, 0.1) is 3.39 Å². The van der Waals surface area contributed by atoms with Crippen LogP contribution in [-0.4, -0.2) is 14.9 Å². The second-order valence-corrected chi connectivity index (χ2v) is 14.4. The smallest absolute Gasteiger partial charge is 0.191 e. The first-order chi connectivity index (χ1) is 7.95.